The molecule has 0 amide bonds. The molecule has 0 fully saturated rings. The van der Waals surface area contributed by atoms with E-state index in [2.05, 4.69) is 5.73 Å². The number of hydrogen-bond acceptors (Lipinski definition) is 2. The quantitative estimate of drug-likeness (QED) is 0.260. The molecule has 0 aliphatic carbocycles. The van der Waals surface area contributed by atoms with Gasteiger partial charge in [0.25, 0.3) is 0 Å². The molecule has 0 aromatic heterocycles. The van der Waals surface area contributed by atoms with Gasteiger partial charge in [0, 0.05) is 13.2 Å². The van der Waals surface area contributed by atoms with Crippen LogP contribution in [0.4, 0.5) is 0 Å². The molecule has 0 rings (SSSR count). The average molecular weight is 394 g/mol. The van der Waals surface area contributed by atoms with Crippen LogP contribution in [0, 0.1) is 5.92 Å². The van der Waals surface area contributed by atoms with Crippen molar-refractivity contribution in [3.05, 3.63) is 0 Å². The fraction of sp³-hybridized carbons (Fsp3) is 1.00. The number of hydrogen-bond donors (Lipinski definition) is 3. The van der Waals surface area contributed by atoms with Gasteiger partial charge in [-0.05, 0) is 31.6 Å². The predicted molar refractivity (Wildman–Crippen MR) is 109 cm³/mol. The van der Waals surface area contributed by atoms with E-state index >= 15 is 0 Å². The molecule has 0 aromatic rings. The zero-order valence-electron chi connectivity index (χ0n) is 17.4. The molecule has 4 heteroatoms. The minimum atomic E-state index is 0. The Labute approximate surface area is 169 Å². The number of aliphatic hydroxyl groups is 2. The first-order valence-electron chi connectivity index (χ1n) is 11.4. The van der Waals surface area contributed by atoms with Crippen molar-refractivity contribution in [2.75, 3.05) is 19.8 Å². The van der Waals surface area contributed by atoms with Gasteiger partial charge in [-0.1, -0.05) is 89.9 Å². The Kier molecular flexibility index (Phi) is 27.5. The molecule has 0 heterocycles. The lowest BCUT2D eigenvalue weighted by molar-refractivity contribution is -0.368. The van der Waals surface area contributed by atoms with Gasteiger partial charge in [0.2, 0.25) is 0 Å². The lowest BCUT2D eigenvalue weighted by Crippen LogP contribution is -3.00. The van der Waals surface area contributed by atoms with Gasteiger partial charge in [0.05, 0.1) is 6.54 Å². The summed E-state index contributed by atoms with van der Waals surface area (Å²) in [6.45, 7) is 1.64. The molecule has 0 radical (unpaired) electrons. The van der Waals surface area contributed by atoms with Crippen LogP contribution in [0.2, 0.25) is 0 Å². The summed E-state index contributed by atoms with van der Waals surface area (Å²) < 4.78 is 0. The summed E-state index contributed by atoms with van der Waals surface area (Å²) in [7, 11) is 0. The van der Waals surface area contributed by atoms with Gasteiger partial charge in [0.15, 0.2) is 0 Å². The molecule has 160 valence electrons. The molecule has 0 unspecified atom stereocenters. The maximum atomic E-state index is 9.01. The second-order valence-electron chi connectivity index (χ2n) is 7.84. The summed E-state index contributed by atoms with van der Waals surface area (Å²) in [6, 6.07) is 0. The van der Waals surface area contributed by atoms with Gasteiger partial charge >= 0.3 is 0 Å². The Balaban J connectivity index is 0. The maximum absolute atomic E-state index is 9.01. The first-order valence-corrected chi connectivity index (χ1v) is 11.4. The summed E-state index contributed by atoms with van der Waals surface area (Å²) in [4.78, 5) is 0. The zero-order valence-corrected chi connectivity index (χ0v) is 18.2. The van der Waals surface area contributed by atoms with Crippen molar-refractivity contribution in [1.29, 1.82) is 0 Å². The number of unbranched alkanes of at least 4 members (excludes halogenated alkanes) is 14. The van der Waals surface area contributed by atoms with Crippen molar-refractivity contribution in [3.63, 3.8) is 0 Å². The highest BCUT2D eigenvalue weighted by atomic mass is 35.5. The van der Waals surface area contributed by atoms with E-state index < -0.39 is 0 Å². The number of quaternary nitrogens is 1. The van der Waals surface area contributed by atoms with Crippen molar-refractivity contribution in [1.82, 2.24) is 0 Å². The van der Waals surface area contributed by atoms with Crippen LogP contribution in [0.5, 0.6) is 0 Å². The van der Waals surface area contributed by atoms with Gasteiger partial charge in [-0.2, -0.15) is 0 Å². The van der Waals surface area contributed by atoms with E-state index in [1.165, 1.54) is 103 Å². The smallest absolute Gasteiger partial charge is 0.0739 e. The molecule has 0 bridgehead atoms. The molecule has 0 aromatic carbocycles. The van der Waals surface area contributed by atoms with Crippen molar-refractivity contribution >= 4 is 0 Å². The van der Waals surface area contributed by atoms with Gasteiger partial charge in [0.1, 0.15) is 0 Å². The highest BCUT2D eigenvalue weighted by Crippen LogP contribution is 2.18. The van der Waals surface area contributed by atoms with E-state index in [0.29, 0.717) is 5.92 Å². The molecule has 0 aliphatic rings. The second-order valence-corrected chi connectivity index (χ2v) is 7.84. The molecular formula is C22H48ClNO2. The van der Waals surface area contributed by atoms with E-state index in [0.717, 1.165) is 19.4 Å². The lowest BCUT2D eigenvalue weighted by atomic mass is 9.94. The van der Waals surface area contributed by atoms with Gasteiger partial charge in [-0.25, -0.2) is 0 Å². The Morgan fingerprint density at radius 1 is 0.462 bits per heavy atom. The molecule has 0 spiro atoms. The van der Waals surface area contributed by atoms with Gasteiger partial charge < -0.3 is 28.4 Å². The minimum Gasteiger partial charge on any atom is -1.00 e. The third-order valence-corrected chi connectivity index (χ3v) is 5.44. The van der Waals surface area contributed by atoms with Crippen molar-refractivity contribution in [3.8, 4) is 0 Å². The summed E-state index contributed by atoms with van der Waals surface area (Å²) >= 11 is 0. The minimum absolute atomic E-state index is 0. The van der Waals surface area contributed by atoms with Crippen LogP contribution >= 0.6 is 0 Å². The van der Waals surface area contributed by atoms with Crippen LogP contribution in [0.3, 0.4) is 0 Å². The normalized spacial score (nSPS) is 11.1. The number of rotatable bonds is 21. The molecule has 26 heavy (non-hydrogen) atoms. The van der Waals surface area contributed by atoms with Crippen molar-refractivity contribution in [2.24, 2.45) is 5.92 Å². The van der Waals surface area contributed by atoms with Crippen LogP contribution in [-0.2, 0) is 0 Å². The fourth-order valence-corrected chi connectivity index (χ4v) is 3.71. The molecule has 5 N–H and O–H groups in total. The molecule has 0 aliphatic heterocycles. The van der Waals surface area contributed by atoms with Gasteiger partial charge in [-0.15, -0.1) is 0 Å². The largest absolute Gasteiger partial charge is 1.00 e. The lowest BCUT2D eigenvalue weighted by Gasteiger charge is -2.13. The molecule has 3 nitrogen and oxygen atoms in total. The fourth-order valence-electron chi connectivity index (χ4n) is 3.71. The topological polar surface area (TPSA) is 68.1 Å². The summed E-state index contributed by atoms with van der Waals surface area (Å²) in [5.41, 5.74) is 3.89. The predicted octanol–water partition coefficient (Wildman–Crippen LogP) is 1.85. The molecule has 0 saturated heterocycles. The Morgan fingerprint density at radius 2 is 0.769 bits per heavy atom. The molecule has 0 saturated carbocycles. The van der Waals surface area contributed by atoms with Crippen molar-refractivity contribution in [2.45, 2.75) is 116 Å². The van der Waals surface area contributed by atoms with Crippen LogP contribution in [0.15, 0.2) is 0 Å². The Hall–Kier alpha value is 0.170. The first-order chi connectivity index (χ1) is 12.3. The van der Waals surface area contributed by atoms with Crippen molar-refractivity contribution < 1.29 is 28.4 Å². The van der Waals surface area contributed by atoms with Crippen LogP contribution in [0.1, 0.15) is 116 Å². The Morgan fingerprint density at radius 3 is 1.08 bits per heavy atom. The van der Waals surface area contributed by atoms with Crippen LogP contribution < -0.4 is 18.1 Å². The average Bonchev–Trinajstić information content (AvgIpc) is 2.61. The highest BCUT2D eigenvalue weighted by molar-refractivity contribution is 4.59. The Bertz CT molecular complexity index is 236. The van der Waals surface area contributed by atoms with E-state index in [1.54, 1.807) is 0 Å². The van der Waals surface area contributed by atoms with E-state index in [1.807, 2.05) is 0 Å². The standard InChI is InChI=1S/C22H47NO2.ClH/c23-19-15-13-11-9-7-5-3-1-2-4-6-8-10-12-14-16-22(17-20-24)18-21-25;/h22,24-25H,1-21,23H2;1H. The third-order valence-electron chi connectivity index (χ3n) is 5.44. The summed E-state index contributed by atoms with van der Waals surface area (Å²) in [6.07, 6.45) is 23.7. The zero-order chi connectivity index (χ0) is 18.4. The van der Waals surface area contributed by atoms with E-state index in [4.69, 9.17) is 10.2 Å². The highest BCUT2D eigenvalue weighted by Gasteiger charge is 2.06. The number of halogens is 1. The molecular weight excluding hydrogens is 346 g/mol. The van der Waals surface area contributed by atoms with E-state index in [-0.39, 0.29) is 25.6 Å². The summed E-state index contributed by atoms with van der Waals surface area (Å²) in [5.74, 6) is 0.527. The number of aliphatic hydroxyl groups excluding tert-OH is 2. The SMILES string of the molecule is [Cl-].[NH3+]CCCCCCCCCCCCCCCCCC(CCO)CCO. The first kappa shape index (κ1) is 28.4. The van der Waals surface area contributed by atoms with Crippen LogP contribution in [0.25, 0.3) is 0 Å². The maximum Gasteiger partial charge on any atom is 0.0739 e. The molecule has 0 atom stereocenters. The third kappa shape index (κ3) is 22.2. The van der Waals surface area contributed by atoms with E-state index in [9.17, 15) is 0 Å². The monoisotopic (exact) mass is 393 g/mol. The second kappa shape index (κ2) is 25.2. The van der Waals surface area contributed by atoms with Crippen LogP contribution in [-0.4, -0.2) is 30.0 Å². The van der Waals surface area contributed by atoms with Gasteiger partial charge in [-0.3, -0.25) is 0 Å². The summed E-state index contributed by atoms with van der Waals surface area (Å²) in [5, 5.41) is 18.0.